The van der Waals surface area contributed by atoms with Gasteiger partial charge in [0, 0.05) is 20.2 Å². The lowest BCUT2D eigenvalue weighted by Crippen LogP contribution is -2.22. The topological polar surface area (TPSA) is 45.8 Å². The second-order valence-corrected chi connectivity index (χ2v) is 3.91. The Morgan fingerprint density at radius 1 is 1.53 bits per heavy atom. The van der Waals surface area contributed by atoms with Gasteiger partial charge in [-0.2, -0.15) is 0 Å². The van der Waals surface area contributed by atoms with Crippen LogP contribution in [-0.4, -0.2) is 36.3 Å². The fraction of sp³-hybridized carbons (Fsp3) is 0.636. The molecule has 0 spiro atoms. The van der Waals surface area contributed by atoms with Gasteiger partial charge < -0.3 is 14.3 Å². The maximum atomic E-state index is 8.86. The van der Waals surface area contributed by atoms with Crippen molar-refractivity contribution in [1.29, 1.82) is 0 Å². The zero-order valence-electron chi connectivity index (χ0n) is 8.98. The van der Waals surface area contributed by atoms with Crippen LogP contribution in [0.1, 0.15) is 17.9 Å². The molecule has 2 rings (SSSR count). The van der Waals surface area contributed by atoms with E-state index in [9.17, 15) is 0 Å². The van der Waals surface area contributed by atoms with E-state index in [-0.39, 0.29) is 6.61 Å². The van der Waals surface area contributed by atoms with Gasteiger partial charge in [0.2, 0.25) is 0 Å². The molecule has 0 bridgehead atoms. The van der Waals surface area contributed by atoms with Crippen LogP contribution in [-0.2, 0) is 17.9 Å². The van der Waals surface area contributed by atoms with E-state index in [2.05, 4.69) is 4.90 Å². The fourth-order valence-corrected chi connectivity index (χ4v) is 1.95. The highest BCUT2D eigenvalue weighted by molar-refractivity contribution is 5.06. The van der Waals surface area contributed by atoms with Crippen molar-refractivity contribution < 1.29 is 14.3 Å². The van der Waals surface area contributed by atoms with E-state index in [1.165, 1.54) is 0 Å². The zero-order chi connectivity index (χ0) is 10.7. The van der Waals surface area contributed by atoms with Crippen molar-refractivity contribution in [2.45, 2.75) is 25.7 Å². The molecule has 1 atom stereocenters. The molecular weight excluding hydrogens is 194 g/mol. The highest BCUT2D eigenvalue weighted by atomic mass is 16.5. The summed E-state index contributed by atoms with van der Waals surface area (Å²) in [5, 5.41) is 8.86. The molecule has 15 heavy (non-hydrogen) atoms. The van der Waals surface area contributed by atoms with Crippen molar-refractivity contribution in [2.24, 2.45) is 0 Å². The van der Waals surface area contributed by atoms with Crippen molar-refractivity contribution in [3.63, 3.8) is 0 Å². The second-order valence-electron chi connectivity index (χ2n) is 3.91. The Labute approximate surface area is 89.4 Å². The summed E-state index contributed by atoms with van der Waals surface area (Å²) < 4.78 is 10.7. The molecule has 0 saturated carbocycles. The highest BCUT2D eigenvalue weighted by Gasteiger charge is 2.22. The minimum absolute atomic E-state index is 0.0271. The number of methoxy groups -OCH3 is 1. The Balaban J connectivity index is 1.87. The monoisotopic (exact) mass is 211 g/mol. The van der Waals surface area contributed by atoms with E-state index >= 15 is 0 Å². The normalized spacial score (nSPS) is 22.4. The number of furan rings is 1. The van der Waals surface area contributed by atoms with Crippen LogP contribution in [0.25, 0.3) is 0 Å². The first kappa shape index (κ1) is 10.7. The van der Waals surface area contributed by atoms with E-state index in [0.29, 0.717) is 11.9 Å². The Hall–Kier alpha value is -0.840. The summed E-state index contributed by atoms with van der Waals surface area (Å²) in [5.74, 6) is 1.54. The molecular formula is C11H17NO3. The van der Waals surface area contributed by atoms with Gasteiger partial charge in [-0.05, 0) is 18.6 Å². The summed E-state index contributed by atoms with van der Waals surface area (Å²) >= 11 is 0. The summed E-state index contributed by atoms with van der Waals surface area (Å²) in [6, 6.07) is 3.74. The van der Waals surface area contributed by atoms with Crippen LogP contribution in [0.15, 0.2) is 16.5 Å². The average molecular weight is 211 g/mol. The summed E-state index contributed by atoms with van der Waals surface area (Å²) in [4.78, 5) is 2.30. The van der Waals surface area contributed by atoms with Gasteiger partial charge in [-0.3, -0.25) is 4.90 Å². The molecule has 0 aliphatic carbocycles. The number of rotatable bonds is 4. The van der Waals surface area contributed by atoms with Gasteiger partial charge in [0.25, 0.3) is 0 Å². The Kier molecular flexibility index (Phi) is 3.41. The van der Waals surface area contributed by atoms with Crippen molar-refractivity contribution in [3.8, 4) is 0 Å². The first-order valence-electron chi connectivity index (χ1n) is 5.25. The number of nitrogens with zero attached hydrogens (tertiary/aromatic N) is 1. The van der Waals surface area contributed by atoms with E-state index in [4.69, 9.17) is 14.3 Å². The van der Waals surface area contributed by atoms with Crippen LogP contribution in [0.2, 0.25) is 0 Å². The van der Waals surface area contributed by atoms with Crippen molar-refractivity contribution in [1.82, 2.24) is 4.90 Å². The highest BCUT2D eigenvalue weighted by Crippen LogP contribution is 2.16. The summed E-state index contributed by atoms with van der Waals surface area (Å²) in [7, 11) is 1.75. The molecule has 1 aliphatic heterocycles. The quantitative estimate of drug-likeness (QED) is 0.806. The molecule has 1 N–H and O–H groups in total. The van der Waals surface area contributed by atoms with Crippen molar-refractivity contribution >= 4 is 0 Å². The SMILES string of the molecule is COC1CCN(Cc2ccc(CO)o2)C1. The van der Waals surface area contributed by atoms with Gasteiger partial charge >= 0.3 is 0 Å². The van der Waals surface area contributed by atoms with Crippen LogP contribution in [0, 0.1) is 0 Å². The van der Waals surface area contributed by atoms with Gasteiger partial charge in [-0.1, -0.05) is 0 Å². The third-order valence-corrected chi connectivity index (χ3v) is 2.82. The van der Waals surface area contributed by atoms with Crippen molar-refractivity contribution in [3.05, 3.63) is 23.7 Å². The molecule has 1 fully saturated rings. The van der Waals surface area contributed by atoms with E-state index in [1.54, 1.807) is 7.11 Å². The Bertz CT molecular complexity index is 311. The number of aliphatic hydroxyl groups excluding tert-OH is 1. The van der Waals surface area contributed by atoms with Crippen LogP contribution >= 0.6 is 0 Å². The molecule has 84 valence electrons. The average Bonchev–Trinajstić information content (AvgIpc) is 2.87. The standard InChI is InChI=1S/C11H17NO3/c1-14-9-4-5-12(6-9)7-10-2-3-11(8-13)15-10/h2-3,9,13H,4-8H2,1H3. The summed E-state index contributed by atoms with van der Waals surface area (Å²) in [6.45, 7) is 2.79. The van der Waals surface area contributed by atoms with Crippen LogP contribution in [0.5, 0.6) is 0 Å². The van der Waals surface area contributed by atoms with Crippen LogP contribution in [0.4, 0.5) is 0 Å². The Morgan fingerprint density at radius 3 is 2.93 bits per heavy atom. The first-order chi connectivity index (χ1) is 7.31. The fourth-order valence-electron chi connectivity index (χ4n) is 1.95. The molecule has 4 nitrogen and oxygen atoms in total. The first-order valence-corrected chi connectivity index (χ1v) is 5.25. The third-order valence-electron chi connectivity index (χ3n) is 2.82. The smallest absolute Gasteiger partial charge is 0.129 e. The Morgan fingerprint density at radius 2 is 2.33 bits per heavy atom. The minimum Gasteiger partial charge on any atom is -0.462 e. The number of hydrogen-bond donors (Lipinski definition) is 1. The molecule has 2 heterocycles. The molecule has 0 radical (unpaired) electrons. The summed E-state index contributed by atoms with van der Waals surface area (Å²) in [6.07, 6.45) is 1.45. The van der Waals surface area contributed by atoms with Gasteiger partial charge in [-0.25, -0.2) is 0 Å². The van der Waals surface area contributed by atoms with Gasteiger partial charge in [0.15, 0.2) is 0 Å². The van der Waals surface area contributed by atoms with Crippen LogP contribution < -0.4 is 0 Å². The maximum absolute atomic E-state index is 8.86. The van der Waals surface area contributed by atoms with E-state index in [1.807, 2.05) is 12.1 Å². The lowest BCUT2D eigenvalue weighted by molar-refractivity contribution is 0.106. The molecule has 0 aromatic carbocycles. The molecule has 1 aromatic heterocycles. The molecule has 0 amide bonds. The number of likely N-dealkylation sites (tertiary alicyclic amines) is 1. The van der Waals surface area contributed by atoms with E-state index in [0.717, 1.165) is 31.8 Å². The number of aliphatic hydroxyl groups is 1. The van der Waals surface area contributed by atoms with Gasteiger partial charge in [-0.15, -0.1) is 0 Å². The molecule has 4 heteroatoms. The molecule has 1 aliphatic rings. The second kappa shape index (κ2) is 4.79. The number of ether oxygens (including phenoxy) is 1. The van der Waals surface area contributed by atoms with Crippen molar-refractivity contribution in [2.75, 3.05) is 20.2 Å². The zero-order valence-corrected chi connectivity index (χ0v) is 8.98. The molecule has 1 aromatic rings. The van der Waals surface area contributed by atoms with Gasteiger partial charge in [0.05, 0.1) is 12.6 Å². The van der Waals surface area contributed by atoms with Gasteiger partial charge in [0.1, 0.15) is 18.1 Å². The summed E-state index contributed by atoms with van der Waals surface area (Å²) in [5.41, 5.74) is 0. The third kappa shape index (κ3) is 2.59. The maximum Gasteiger partial charge on any atom is 0.129 e. The van der Waals surface area contributed by atoms with Crippen LogP contribution in [0.3, 0.4) is 0 Å². The minimum atomic E-state index is -0.0271. The van der Waals surface area contributed by atoms with E-state index < -0.39 is 0 Å². The predicted molar refractivity (Wildman–Crippen MR) is 55.3 cm³/mol. The predicted octanol–water partition coefficient (Wildman–Crippen LogP) is 0.993. The number of hydrogen-bond acceptors (Lipinski definition) is 4. The molecule has 1 saturated heterocycles. The largest absolute Gasteiger partial charge is 0.462 e. The lowest BCUT2D eigenvalue weighted by atomic mass is 10.3. The molecule has 1 unspecified atom stereocenters. The lowest BCUT2D eigenvalue weighted by Gasteiger charge is -2.13.